The summed E-state index contributed by atoms with van der Waals surface area (Å²) < 4.78 is 28.8. The lowest BCUT2D eigenvalue weighted by atomic mass is 9.91. The quantitative estimate of drug-likeness (QED) is 0.763. The van der Waals surface area contributed by atoms with Gasteiger partial charge in [0.2, 0.25) is 5.43 Å². The summed E-state index contributed by atoms with van der Waals surface area (Å²) in [5.41, 5.74) is 5.14. The molecule has 0 bridgehead atoms. The van der Waals surface area contributed by atoms with E-state index in [4.69, 9.17) is 15.2 Å². The number of carboxylic acids is 1. The second-order valence-electron chi connectivity index (χ2n) is 8.44. The van der Waals surface area contributed by atoms with Crippen LogP contribution in [0.2, 0.25) is 0 Å². The van der Waals surface area contributed by atoms with E-state index in [-0.39, 0.29) is 34.3 Å². The third-order valence-corrected chi connectivity index (χ3v) is 6.73. The number of halogens is 1. The summed E-state index contributed by atoms with van der Waals surface area (Å²) in [7, 11) is 1.44. The zero-order valence-electron chi connectivity index (χ0n) is 16.7. The van der Waals surface area contributed by atoms with Crippen LogP contribution in [0.4, 0.5) is 10.1 Å². The minimum atomic E-state index is -1.32. The first-order valence-corrected chi connectivity index (χ1v) is 10.2. The number of anilines is 1. The van der Waals surface area contributed by atoms with E-state index in [2.05, 4.69) is 0 Å². The van der Waals surface area contributed by atoms with Crippen molar-refractivity contribution in [1.29, 1.82) is 0 Å². The van der Waals surface area contributed by atoms with E-state index in [0.717, 1.165) is 25.3 Å². The Balaban J connectivity index is 1.74. The number of aromatic nitrogens is 1. The first-order chi connectivity index (χ1) is 14.4. The topological polar surface area (TPSA) is 107 Å². The van der Waals surface area contributed by atoms with Crippen molar-refractivity contribution in [2.75, 3.05) is 38.3 Å². The lowest BCUT2D eigenvalue weighted by molar-refractivity contribution is 0.0126. The van der Waals surface area contributed by atoms with E-state index in [1.54, 1.807) is 4.57 Å². The number of methoxy groups -OCH3 is 1. The highest BCUT2D eigenvalue weighted by molar-refractivity contribution is 5.97. The average molecular weight is 417 g/mol. The van der Waals surface area contributed by atoms with Gasteiger partial charge in [-0.3, -0.25) is 4.79 Å². The summed E-state index contributed by atoms with van der Waals surface area (Å²) in [5.74, 6) is -1.50. The summed E-state index contributed by atoms with van der Waals surface area (Å²) in [6.07, 6.45) is 3.95. The molecule has 1 aliphatic carbocycles. The summed E-state index contributed by atoms with van der Waals surface area (Å²) in [5, 5.41) is 9.47. The first kappa shape index (κ1) is 19.3. The van der Waals surface area contributed by atoms with Gasteiger partial charge in [0, 0.05) is 44.4 Å². The molecule has 0 radical (unpaired) electrons. The molecule has 3 fully saturated rings. The van der Waals surface area contributed by atoms with Gasteiger partial charge in [-0.1, -0.05) is 0 Å². The number of hydrogen-bond acceptors (Lipinski definition) is 6. The van der Waals surface area contributed by atoms with Crippen LogP contribution in [-0.2, 0) is 4.74 Å². The second-order valence-corrected chi connectivity index (χ2v) is 8.44. The highest BCUT2D eigenvalue weighted by atomic mass is 19.1. The predicted octanol–water partition coefficient (Wildman–Crippen LogP) is 1.74. The van der Waals surface area contributed by atoms with Crippen molar-refractivity contribution in [2.45, 2.75) is 30.9 Å². The van der Waals surface area contributed by atoms with Crippen molar-refractivity contribution < 1.29 is 23.8 Å². The summed E-state index contributed by atoms with van der Waals surface area (Å²) >= 11 is 0. The maximum Gasteiger partial charge on any atom is 0.341 e. The van der Waals surface area contributed by atoms with Crippen molar-refractivity contribution in [2.24, 2.45) is 11.7 Å². The van der Waals surface area contributed by atoms with Crippen LogP contribution in [0.15, 0.2) is 17.1 Å². The molecule has 1 aromatic heterocycles. The molecule has 3 heterocycles. The van der Waals surface area contributed by atoms with Crippen LogP contribution in [0.25, 0.3) is 10.9 Å². The molecule has 30 heavy (non-hydrogen) atoms. The highest BCUT2D eigenvalue weighted by Gasteiger charge is 2.51. The van der Waals surface area contributed by atoms with Crippen LogP contribution < -0.4 is 20.8 Å². The molecule has 3 aliphatic rings. The molecule has 5 rings (SSSR count). The molecule has 2 atom stereocenters. The number of aromatic carboxylic acids is 1. The Bertz CT molecular complexity index is 1110. The zero-order chi connectivity index (χ0) is 21.2. The number of carbonyl (C=O) groups is 1. The van der Waals surface area contributed by atoms with E-state index in [1.165, 1.54) is 13.3 Å². The second kappa shape index (κ2) is 6.68. The minimum Gasteiger partial charge on any atom is -0.492 e. The van der Waals surface area contributed by atoms with Gasteiger partial charge in [0.05, 0.1) is 18.0 Å². The Morgan fingerprint density at radius 1 is 1.43 bits per heavy atom. The molecule has 2 saturated heterocycles. The van der Waals surface area contributed by atoms with E-state index < -0.39 is 22.8 Å². The third-order valence-electron chi connectivity index (χ3n) is 6.73. The van der Waals surface area contributed by atoms with Gasteiger partial charge in [0.15, 0.2) is 11.6 Å². The zero-order valence-corrected chi connectivity index (χ0v) is 16.7. The fraction of sp³-hybridized carbons (Fsp3) is 0.524. The number of nitrogens with two attached hydrogens (primary N) is 1. The van der Waals surface area contributed by atoms with E-state index in [1.807, 2.05) is 4.90 Å². The van der Waals surface area contributed by atoms with E-state index >= 15 is 4.39 Å². The predicted molar refractivity (Wildman–Crippen MR) is 108 cm³/mol. The Morgan fingerprint density at radius 2 is 2.20 bits per heavy atom. The van der Waals surface area contributed by atoms with E-state index in [0.29, 0.717) is 31.8 Å². The smallest absolute Gasteiger partial charge is 0.341 e. The summed E-state index contributed by atoms with van der Waals surface area (Å²) in [4.78, 5) is 26.3. The number of rotatable bonds is 5. The highest BCUT2D eigenvalue weighted by Crippen LogP contribution is 2.47. The van der Waals surface area contributed by atoms with Gasteiger partial charge in [-0.05, 0) is 25.3 Å². The Hall–Kier alpha value is -2.65. The molecule has 8 nitrogen and oxygen atoms in total. The Morgan fingerprint density at radius 3 is 2.80 bits per heavy atom. The molecule has 1 saturated carbocycles. The van der Waals surface area contributed by atoms with Gasteiger partial charge in [-0.25, -0.2) is 9.18 Å². The number of pyridine rings is 1. The number of hydrogen-bond donors (Lipinski definition) is 2. The van der Waals surface area contributed by atoms with E-state index in [9.17, 15) is 14.7 Å². The number of fused-ring (bicyclic) bond motifs is 2. The van der Waals surface area contributed by atoms with Crippen LogP contribution in [0, 0.1) is 11.7 Å². The number of benzene rings is 1. The molecule has 0 spiro atoms. The fourth-order valence-corrected chi connectivity index (χ4v) is 5.06. The van der Waals surface area contributed by atoms with Crippen molar-refractivity contribution in [1.82, 2.24) is 4.57 Å². The molecule has 9 heteroatoms. The molecule has 2 unspecified atom stereocenters. The van der Waals surface area contributed by atoms with Crippen LogP contribution in [0.1, 0.15) is 35.7 Å². The lowest BCUT2D eigenvalue weighted by Crippen LogP contribution is -2.44. The molecule has 2 aromatic rings. The average Bonchev–Trinajstić information content (AvgIpc) is 3.39. The standard InChI is InChI=1S/C21H24FN3O5/c1-29-19-16-13(18(26)14(20(27)28)8-25(16)12-2-3-12)6-15(22)17(19)24-7-11-4-5-30-21(11,9-23)10-24/h6,8,11-12H,2-5,7,9-10,23H2,1H3,(H,27,28). The maximum absolute atomic E-state index is 15.4. The summed E-state index contributed by atoms with van der Waals surface area (Å²) in [6.45, 7) is 2.01. The minimum absolute atomic E-state index is 0.0177. The van der Waals surface area contributed by atoms with Gasteiger partial charge < -0.3 is 29.8 Å². The first-order valence-electron chi connectivity index (χ1n) is 10.2. The van der Waals surface area contributed by atoms with Gasteiger partial charge in [0.25, 0.3) is 0 Å². The molecular weight excluding hydrogens is 393 g/mol. The van der Waals surface area contributed by atoms with Crippen LogP contribution >= 0.6 is 0 Å². The number of nitrogens with zero attached hydrogens (tertiary/aromatic N) is 2. The van der Waals surface area contributed by atoms with Crippen molar-refractivity contribution in [3.63, 3.8) is 0 Å². The SMILES string of the molecule is COc1c(N2CC3CCOC3(CN)C2)c(F)cc2c(=O)c(C(=O)O)cn(C3CC3)c12. The van der Waals surface area contributed by atoms with Crippen LogP contribution in [-0.4, -0.2) is 54.6 Å². The molecule has 3 N–H and O–H groups in total. The Kier molecular flexibility index (Phi) is 4.30. The van der Waals surface area contributed by atoms with Crippen LogP contribution in [0.3, 0.4) is 0 Å². The van der Waals surface area contributed by atoms with Crippen molar-refractivity contribution in [3.8, 4) is 5.75 Å². The van der Waals surface area contributed by atoms with Crippen molar-refractivity contribution >= 4 is 22.6 Å². The van der Waals surface area contributed by atoms with Gasteiger partial charge >= 0.3 is 5.97 Å². The monoisotopic (exact) mass is 417 g/mol. The molecule has 160 valence electrons. The van der Waals surface area contributed by atoms with Crippen LogP contribution in [0.5, 0.6) is 5.75 Å². The molecule has 0 amide bonds. The van der Waals surface area contributed by atoms with Gasteiger partial charge in [-0.15, -0.1) is 0 Å². The molecular formula is C21H24FN3O5. The van der Waals surface area contributed by atoms with Gasteiger partial charge in [-0.2, -0.15) is 0 Å². The van der Waals surface area contributed by atoms with Crippen molar-refractivity contribution in [3.05, 3.63) is 33.9 Å². The molecule has 1 aromatic carbocycles. The largest absolute Gasteiger partial charge is 0.492 e. The number of carboxylic acid groups (broad SMARTS) is 1. The summed E-state index contributed by atoms with van der Waals surface area (Å²) in [6, 6.07) is 1.21. The van der Waals surface area contributed by atoms with Gasteiger partial charge in [0.1, 0.15) is 16.9 Å². The Labute approximate surface area is 172 Å². The number of ether oxygens (including phenoxy) is 2. The third kappa shape index (κ3) is 2.65. The normalized spacial score (nSPS) is 25.7. The lowest BCUT2D eigenvalue weighted by Gasteiger charge is -2.28. The molecule has 2 aliphatic heterocycles. The maximum atomic E-state index is 15.4. The fourth-order valence-electron chi connectivity index (χ4n) is 5.06.